The lowest BCUT2D eigenvalue weighted by molar-refractivity contribution is 0.0366. The maximum atomic E-state index is 5.27. The van der Waals surface area contributed by atoms with Crippen LogP contribution in [0.3, 0.4) is 0 Å². The molecule has 78 valence electrons. The van der Waals surface area contributed by atoms with Gasteiger partial charge in [0.25, 0.3) is 0 Å². The molecule has 2 aliphatic heterocycles. The first-order valence-electron chi connectivity index (χ1n) is 4.34. The average molecular weight is 190 g/mol. The van der Waals surface area contributed by atoms with Gasteiger partial charge >= 0.3 is 0 Å². The van der Waals surface area contributed by atoms with Gasteiger partial charge in [0.1, 0.15) is 12.2 Å². The molecule has 2 atom stereocenters. The standard InChI is InChI=1S/C8H14O4.CH4/c1(9-3-7-5-11-7)2-10-4-8-6-12-8;/h7-8H,1-6H2;1H4. The van der Waals surface area contributed by atoms with Gasteiger partial charge in [0.2, 0.25) is 0 Å². The molecule has 2 rings (SSSR count). The summed E-state index contributed by atoms with van der Waals surface area (Å²) in [6.07, 6.45) is 0.716. The summed E-state index contributed by atoms with van der Waals surface area (Å²) < 4.78 is 20.5. The first-order chi connectivity index (χ1) is 5.95. The zero-order valence-electron chi connectivity index (χ0n) is 7.03. The van der Waals surface area contributed by atoms with Gasteiger partial charge in [-0.15, -0.1) is 0 Å². The largest absolute Gasteiger partial charge is 0.376 e. The van der Waals surface area contributed by atoms with Gasteiger partial charge < -0.3 is 18.9 Å². The Bertz CT molecular complexity index is 116. The van der Waals surface area contributed by atoms with Crippen LogP contribution in [-0.4, -0.2) is 51.8 Å². The van der Waals surface area contributed by atoms with Crippen molar-refractivity contribution in [2.45, 2.75) is 19.6 Å². The monoisotopic (exact) mass is 190 g/mol. The topological polar surface area (TPSA) is 43.5 Å². The summed E-state index contributed by atoms with van der Waals surface area (Å²) in [5, 5.41) is 0. The molecule has 0 bridgehead atoms. The molecule has 0 radical (unpaired) electrons. The Balaban J connectivity index is 0.000000845. The van der Waals surface area contributed by atoms with E-state index in [2.05, 4.69) is 0 Å². The Morgan fingerprint density at radius 2 is 1.31 bits per heavy atom. The van der Waals surface area contributed by atoms with Gasteiger partial charge in [-0.2, -0.15) is 0 Å². The van der Waals surface area contributed by atoms with Crippen LogP contribution in [-0.2, 0) is 18.9 Å². The van der Waals surface area contributed by atoms with E-state index in [0.717, 1.165) is 13.2 Å². The molecule has 0 spiro atoms. The van der Waals surface area contributed by atoms with Crippen LogP contribution in [0.5, 0.6) is 0 Å². The number of epoxide rings is 2. The summed E-state index contributed by atoms with van der Waals surface area (Å²) in [6, 6.07) is 0. The third kappa shape index (κ3) is 5.21. The highest BCUT2D eigenvalue weighted by atomic mass is 16.6. The fourth-order valence-electron chi connectivity index (χ4n) is 0.876. The summed E-state index contributed by atoms with van der Waals surface area (Å²) in [4.78, 5) is 0. The summed E-state index contributed by atoms with van der Waals surface area (Å²) in [7, 11) is 0. The molecule has 2 aliphatic rings. The Labute approximate surface area is 79.1 Å². The molecule has 4 heteroatoms. The predicted molar refractivity (Wildman–Crippen MR) is 47.8 cm³/mol. The van der Waals surface area contributed by atoms with Gasteiger partial charge in [0.15, 0.2) is 0 Å². The van der Waals surface area contributed by atoms with E-state index in [1.165, 1.54) is 0 Å². The van der Waals surface area contributed by atoms with Crippen LogP contribution in [0.25, 0.3) is 0 Å². The van der Waals surface area contributed by atoms with Gasteiger partial charge in [-0.05, 0) is 0 Å². The van der Waals surface area contributed by atoms with Crippen molar-refractivity contribution in [3.05, 3.63) is 0 Å². The molecule has 2 fully saturated rings. The Morgan fingerprint density at radius 1 is 0.923 bits per heavy atom. The van der Waals surface area contributed by atoms with E-state index in [0.29, 0.717) is 38.6 Å². The fraction of sp³-hybridized carbons (Fsp3) is 1.00. The molecular formula is C9H18O4. The molecule has 0 aliphatic carbocycles. The van der Waals surface area contributed by atoms with Gasteiger partial charge in [0, 0.05) is 0 Å². The molecule has 0 aromatic heterocycles. The van der Waals surface area contributed by atoms with E-state index >= 15 is 0 Å². The number of rotatable bonds is 7. The Kier molecular flexibility index (Phi) is 4.66. The van der Waals surface area contributed by atoms with Crippen molar-refractivity contribution < 1.29 is 18.9 Å². The summed E-state index contributed by atoms with van der Waals surface area (Å²) >= 11 is 0. The van der Waals surface area contributed by atoms with Crippen LogP contribution < -0.4 is 0 Å². The second-order valence-corrected chi connectivity index (χ2v) is 3.06. The summed E-state index contributed by atoms with van der Waals surface area (Å²) in [5.74, 6) is 0. The zero-order valence-corrected chi connectivity index (χ0v) is 7.03. The van der Waals surface area contributed by atoms with E-state index in [4.69, 9.17) is 18.9 Å². The van der Waals surface area contributed by atoms with Crippen LogP contribution in [0.2, 0.25) is 0 Å². The van der Waals surface area contributed by atoms with Gasteiger partial charge in [-0.25, -0.2) is 0 Å². The van der Waals surface area contributed by atoms with Crippen LogP contribution >= 0.6 is 0 Å². The number of hydrogen-bond donors (Lipinski definition) is 0. The molecule has 0 saturated carbocycles. The van der Waals surface area contributed by atoms with Crippen molar-refractivity contribution in [2.75, 3.05) is 39.6 Å². The van der Waals surface area contributed by atoms with E-state index < -0.39 is 0 Å². The number of ether oxygens (including phenoxy) is 4. The molecule has 4 nitrogen and oxygen atoms in total. The molecule has 13 heavy (non-hydrogen) atoms. The lowest BCUT2D eigenvalue weighted by Gasteiger charge is -2.02. The van der Waals surface area contributed by atoms with Crippen LogP contribution in [0.1, 0.15) is 7.43 Å². The summed E-state index contributed by atoms with van der Waals surface area (Å²) in [6.45, 7) is 4.46. The fourth-order valence-corrected chi connectivity index (χ4v) is 0.876. The minimum atomic E-state index is 0. The second kappa shape index (κ2) is 5.54. The molecule has 0 aromatic carbocycles. The first-order valence-corrected chi connectivity index (χ1v) is 4.34. The van der Waals surface area contributed by atoms with E-state index in [1.54, 1.807) is 0 Å². The third-order valence-corrected chi connectivity index (χ3v) is 1.78. The van der Waals surface area contributed by atoms with Gasteiger partial charge in [-0.3, -0.25) is 0 Å². The van der Waals surface area contributed by atoms with Crippen molar-refractivity contribution >= 4 is 0 Å². The van der Waals surface area contributed by atoms with Crippen molar-refractivity contribution in [1.82, 2.24) is 0 Å². The molecule has 0 N–H and O–H groups in total. The van der Waals surface area contributed by atoms with Crippen molar-refractivity contribution in [3.63, 3.8) is 0 Å². The Hall–Kier alpha value is -0.160. The third-order valence-electron chi connectivity index (χ3n) is 1.78. The maximum Gasteiger partial charge on any atom is 0.104 e. The predicted octanol–water partition coefficient (Wildman–Crippen LogP) is 0.453. The highest BCUT2D eigenvalue weighted by molar-refractivity contribution is 4.68. The smallest absolute Gasteiger partial charge is 0.104 e. The van der Waals surface area contributed by atoms with Crippen molar-refractivity contribution in [1.29, 1.82) is 0 Å². The Morgan fingerprint density at radius 3 is 1.62 bits per heavy atom. The lowest BCUT2D eigenvalue weighted by atomic mass is 10.5. The molecule has 2 heterocycles. The van der Waals surface area contributed by atoms with Crippen LogP contribution in [0.15, 0.2) is 0 Å². The molecule has 2 unspecified atom stereocenters. The van der Waals surface area contributed by atoms with Gasteiger partial charge in [-0.1, -0.05) is 7.43 Å². The molecular weight excluding hydrogens is 172 g/mol. The second-order valence-electron chi connectivity index (χ2n) is 3.06. The average Bonchev–Trinajstić information content (AvgIpc) is 2.89. The SMILES string of the molecule is C.C(COCC1CO1)OCC1CO1. The molecule has 0 aromatic rings. The molecule has 0 amide bonds. The summed E-state index contributed by atoms with van der Waals surface area (Å²) in [5.41, 5.74) is 0. The van der Waals surface area contributed by atoms with Crippen LogP contribution in [0.4, 0.5) is 0 Å². The van der Waals surface area contributed by atoms with Gasteiger partial charge in [0.05, 0.1) is 39.6 Å². The first kappa shape index (κ1) is 10.9. The normalized spacial score (nSPS) is 29.5. The minimum absolute atomic E-state index is 0. The molecule has 2 saturated heterocycles. The van der Waals surface area contributed by atoms with Crippen molar-refractivity contribution in [3.8, 4) is 0 Å². The lowest BCUT2D eigenvalue weighted by Crippen LogP contribution is -2.10. The quantitative estimate of drug-likeness (QED) is 0.432. The van der Waals surface area contributed by atoms with Crippen molar-refractivity contribution in [2.24, 2.45) is 0 Å². The highest BCUT2D eigenvalue weighted by Crippen LogP contribution is 2.09. The highest BCUT2D eigenvalue weighted by Gasteiger charge is 2.23. The minimum Gasteiger partial charge on any atom is -0.376 e. The van der Waals surface area contributed by atoms with Crippen LogP contribution in [0, 0.1) is 0 Å². The van der Waals surface area contributed by atoms with E-state index in [9.17, 15) is 0 Å². The number of hydrogen-bond acceptors (Lipinski definition) is 4. The zero-order chi connectivity index (χ0) is 8.23. The van der Waals surface area contributed by atoms with E-state index in [-0.39, 0.29) is 7.43 Å². The van der Waals surface area contributed by atoms with E-state index in [1.807, 2.05) is 0 Å². The maximum absolute atomic E-state index is 5.27.